The fraction of sp³-hybridized carbons (Fsp3) is 0.667. The summed E-state index contributed by atoms with van der Waals surface area (Å²) in [6.45, 7) is 4.67. The zero-order chi connectivity index (χ0) is 18.9. The number of rotatable bonds is 5. The third kappa shape index (κ3) is 3.51. The van der Waals surface area contributed by atoms with E-state index < -0.39 is 14.6 Å². The molecule has 1 atom stereocenters. The van der Waals surface area contributed by atoms with Crippen LogP contribution < -0.4 is 10.6 Å². The zero-order valence-corrected chi connectivity index (χ0v) is 16.1. The van der Waals surface area contributed by atoms with Gasteiger partial charge in [-0.2, -0.15) is 0 Å². The highest BCUT2D eigenvalue weighted by Crippen LogP contribution is 2.49. The summed E-state index contributed by atoms with van der Waals surface area (Å²) in [5.74, 6) is 0.0620. The molecule has 0 aromatic carbocycles. The van der Waals surface area contributed by atoms with E-state index in [-0.39, 0.29) is 29.5 Å². The molecule has 1 aliphatic carbocycles. The van der Waals surface area contributed by atoms with Crippen LogP contribution in [0.2, 0.25) is 0 Å². The summed E-state index contributed by atoms with van der Waals surface area (Å²) < 4.78 is 26.4. The Labute approximate surface area is 154 Å². The van der Waals surface area contributed by atoms with Crippen LogP contribution in [-0.4, -0.2) is 47.9 Å². The van der Waals surface area contributed by atoms with E-state index in [0.29, 0.717) is 44.5 Å². The number of hydrogen-bond donors (Lipinski definition) is 2. The maximum atomic E-state index is 12.6. The van der Waals surface area contributed by atoms with E-state index in [1.165, 1.54) is 6.92 Å². The monoisotopic (exact) mass is 381 g/mol. The van der Waals surface area contributed by atoms with Crippen molar-refractivity contribution < 1.29 is 18.0 Å². The second-order valence-electron chi connectivity index (χ2n) is 7.56. The molecule has 0 bridgehead atoms. The highest BCUT2D eigenvalue weighted by molar-refractivity contribution is 7.92. The van der Waals surface area contributed by atoms with Crippen molar-refractivity contribution in [2.45, 2.75) is 56.9 Å². The lowest BCUT2D eigenvalue weighted by molar-refractivity contribution is -0.119. The van der Waals surface area contributed by atoms with Gasteiger partial charge in [0.1, 0.15) is 5.69 Å². The molecule has 2 heterocycles. The van der Waals surface area contributed by atoms with Crippen LogP contribution in [0.5, 0.6) is 0 Å². The maximum absolute atomic E-state index is 12.6. The predicted molar refractivity (Wildman–Crippen MR) is 98.5 cm³/mol. The minimum absolute atomic E-state index is 0.0958. The van der Waals surface area contributed by atoms with Crippen LogP contribution in [0, 0.1) is 5.92 Å². The van der Waals surface area contributed by atoms with Crippen molar-refractivity contribution in [1.82, 2.24) is 15.2 Å². The number of hydrogen-bond acceptors (Lipinski definition) is 4. The molecule has 1 aromatic heterocycles. The number of amides is 2. The van der Waals surface area contributed by atoms with Crippen molar-refractivity contribution in [3.63, 3.8) is 0 Å². The Morgan fingerprint density at radius 2 is 2.04 bits per heavy atom. The molecule has 26 heavy (non-hydrogen) atoms. The van der Waals surface area contributed by atoms with E-state index in [9.17, 15) is 18.0 Å². The van der Waals surface area contributed by atoms with Crippen LogP contribution >= 0.6 is 0 Å². The average Bonchev–Trinajstić information content (AvgIpc) is 3.01. The molecule has 2 fully saturated rings. The molecule has 8 heteroatoms. The van der Waals surface area contributed by atoms with Gasteiger partial charge in [-0.1, -0.05) is 0 Å². The zero-order valence-electron chi connectivity index (χ0n) is 15.3. The Kier molecular flexibility index (Phi) is 5.14. The van der Waals surface area contributed by atoms with Crippen LogP contribution in [0.4, 0.5) is 0 Å². The largest absolute Gasteiger partial charge is 0.356 e. The first kappa shape index (κ1) is 18.9. The number of sulfone groups is 1. The first-order chi connectivity index (χ1) is 12.3. The minimum Gasteiger partial charge on any atom is -0.356 e. The van der Waals surface area contributed by atoms with Gasteiger partial charge in [0.25, 0.3) is 5.91 Å². The van der Waals surface area contributed by atoms with Gasteiger partial charge >= 0.3 is 0 Å². The number of aryl methyl sites for hydroxylation is 1. The first-order valence-corrected chi connectivity index (χ1v) is 10.8. The number of carbonyl (C=O) groups excluding carboxylic acids is 2. The van der Waals surface area contributed by atoms with E-state index in [1.807, 2.05) is 23.8 Å². The highest BCUT2D eigenvalue weighted by Gasteiger charge is 2.56. The molecule has 1 spiro atoms. The first-order valence-electron chi connectivity index (χ1n) is 9.19. The molecule has 2 amide bonds. The van der Waals surface area contributed by atoms with E-state index in [0.717, 1.165) is 0 Å². The lowest BCUT2D eigenvalue weighted by atomic mass is 9.70. The molecule has 1 aromatic rings. The van der Waals surface area contributed by atoms with Gasteiger partial charge in [0.15, 0.2) is 9.84 Å². The van der Waals surface area contributed by atoms with Crippen molar-refractivity contribution in [3.05, 3.63) is 24.0 Å². The summed E-state index contributed by atoms with van der Waals surface area (Å²) in [6.07, 6.45) is 3.91. The van der Waals surface area contributed by atoms with Crippen molar-refractivity contribution in [2.24, 2.45) is 5.92 Å². The van der Waals surface area contributed by atoms with Gasteiger partial charge in [0, 0.05) is 32.3 Å². The van der Waals surface area contributed by atoms with Gasteiger partial charge in [-0.05, 0) is 50.7 Å². The molecule has 1 aliphatic heterocycles. The number of nitrogens with one attached hydrogen (secondary N) is 2. The van der Waals surface area contributed by atoms with Crippen LogP contribution in [0.25, 0.3) is 0 Å². The topological polar surface area (TPSA) is 97.3 Å². The second-order valence-corrected chi connectivity index (χ2v) is 10.1. The van der Waals surface area contributed by atoms with Gasteiger partial charge in [-0.25, -0.2) is 8.42 Å². The van der Waals surface area contributed by atoms with E-state index in [4.69, 9.17) is 0 Å². The lowest BCUT2D eigenvalue weighted by Gasteiger charge is -2.51. The Morgan fingerprint density at radius 3 is 2.69 bits per heavy atom. The molecule has 144 valence electrons. The average molecular weight is 381 g/mol. The maximum Gasteiger partial charge on any atom is 0.268 e. The smallest absolute Gasteiger partial charge is 0.268 e. The van der Waals surface area contributed by atoms with E-state index in [2.05, 4.69) is 10.6 Å². The lowest BCUT2D eigenvalue weighted by Crippen LogP contribution is -2.60. The van der Waals surface area contributed by atoms with E-state index in [1.54, 1.807) is 6.07 Å². The van der Waals surface area contributed by atoms with Gasteiger partial charge < -0.3 is 15.2 Å². The number of aromatic nitrogens is 1. The summed E-state index contributed by atoms with van der Waals surface area (Å²) in [7, 11) is -3.16. The minimum atomic E-state index is -3.16. The molecular formula is C18H27N3O4S. The van der Waals surface area contributed by atoms with Crippen molar-refractivity contribution >= 4 is 21.7 Å². The van der Waals surface area contributed by atoms with Crippen LogP contribution in [-0.2, 0) is 21.2 Å². The summed E-state index contributed by atoms with van der Waals surface area (Å²) in [5.41, 5.74) is 0.604. The van der Waals surface area contributed by atoms with Crippen LogP contribution in [0.15, 0.2) is 18.3 Å². The molecule has 7 nitrogen and oxygen atoms in total. The number of nitrogens with zero attached hydrogens (tertiary/aromatic N) is 1. The summed E-state index contributed by atoms with van der Waals surface area (Å²) in [5, 5.41) is 5.79. The Bertz CT molecular complexity index is 793. The Hall–Kier alpha value is -1.83. The van der Waals surface area contributed by atoms with Gasteiger partial charge in [-0.15, -0.1) is 0 Å². The third-order valence-corrected chi connectivity index (χ3v) is 8.30. The molecule has 2 N–H and O–H groups in total. The SMILES string of the molecule is CCn1cccc1C(=O)NC1CCS(=O)(=O)C2(CC(CNC(C)=O)C2)C1. The van der Waals surface area contributed by atoms with Crippen molar-refractivity contribution in [2.75, 3.05) is 12.3 Å². The fourth-order valence-electron chi connectivity index (χ4n) is 4.32. The Morgan fingerprint density at radius 1 is 1.31 bits per heavy atom. The van der Waals surface area contributed by atoms with E-state index >= 15 is 0 Å². The van der Waals surface area contributed by atoms with Gasteiger partial charge in [0.2, 0.25) is 5.91 Å². The molecule has 1 saturated carbocycles. The third-order valence-electron chi connectivity index (χ3n) is 5.71. The standard InChI is InChI=1S/C18H27N3O4S/c1-3-21-7-4-5-16(21)17(23)20-15-6-8-26(24,25)18(11-15)9-14(10-18)12-19-13(2)22/h4-5,7,14-15H,3,6,8-12H2,1-2H3,(H,19,22)(H,20,23). The summed E-state index contributed by atoms with van der Waals surface area (Å²) >= 11 is 0. The van der Waals surface area contributed by atoms with Crippen LogP contribution in [0.3, 0.4) is 0 Å². The summed E-state index contributed by atoms with van der Waals surface area (Å²) in [6, 6.07) is 3.48. The van der Waals surface area contributed by atoms with Gasteiger partial charge in [0.05, 0.1) is 10.5 Å². The molecule has 0 radical (unpaired) electrons. The van der Waals surface area contributed by atoms with Crippen molar-refractivity contribution in [3.8, 4) is 0 Å². The predicted octanol–water partition coefficient (Wildman–Crippen LogP) is 1.10. The molecule has 2 aliphatic rings. The molecular weight excluding hydrogens is 354 g/mol. The van der Waals surface area contributed by atoms with Crippen molar-refractivity contribution in [1.29, 1.82) is 0 Å². The molecule has 1 unspecified atom stereocenters. The van der Waals surface area contributed by atoms with Crippen LogP contribution in [0.1, 0.15) is 50.0 Å². The number of carbonyl (C=O) groups is 2. The Balaban J connectivity index is 1.63. The normalized spacial score (nSPS) is 29.8. The summed E-state index contributed by atoms with van der Waals surface area (Å²) in [4.78, 5) is 23.6. The second kappa shape index (κ2) is 7.06. The molecule has 3 rings (SSSR count). The fourth-order valence-corrected chi connectivity index (χ4v) is 6.78. The molecule has 1 saturated heterocycles. The highest BCUT2D eigenvalue weighted by atomic mass is 32.2. The van der Waals surface area contributed by atoms with Gasteiger partial charge in [-0.3, -0.25) is 9.59 Å². The quantitative estimate of drug-likeness (QED) is 0.798.